The molecule has 2 aliphatic heterocycles. The number of halogens is 3. The van der Waals surface area contributed by atoms with E-state index in [9.17, 15) is 27.6 Å². The lowest BCUT2D eigenvalue weighted by atomic mass is 10.0. The van der Waals surface area contributed by atoms with Gasteiger partial charge in [-0.25, -0.2) is 4.98 Å². The van der Waals surface area contributed by atoms with Gasteiger partial charge in [0.2, 0.25) is 17.6 Å². The molecule has 1 fully saturated rings. The molecule has 1 aromatic heterocycles. The van der Waals surface area contributed by atoms with E-state index in [1.807, 2.05) is 0 Å². The van der Waals surface area contributed by atoms with Crippen LogP contribution in [0.1, 0.15) is 34.6 Å². The Hall–Kier alpha value is -4.15. The number of alkyl halides is 3. The lowest BCUT2D eigenvalue weighted by Gasteiger charge is -2.29. The van der Waals surface area contributed by atoms with Gasteiger partial charge < -0.3 is 15.2 Å². The van der Waals surface area contributed by atoms with Crippen molar-refractivity contribution in [1.82, 2.24) is 19.8 Å². The molecule has 1 unspecified atom stereocenters. The second-order valence-electron chi connectivity index (χ2n) is 8.59. The molecule has 0 aliphatic carbocycles. The molecule has 3 amide bonds. The van der Waals surface area contributed by atoms with Crippen molar-refractivity contribution in [2.24, 2.45) is 7.05 Å². The van der Waals surface area contributed by atoms with Crippen molar-refractivity contribution >= 4 is 23.4 Å². The Morgan fingerprint density at radius 2 is 1.86 bits per heavy atom. The molecule has 1 saturated heterocycles. The summed E-state index contributed by atoms with van der Waals surface area (Å²) in [6.45, 7) is 0.0981. The highest BCUT2D eigenvalue weighted by Crippen LogP contribution is 2.39. The molecule has 180 valence electrons. The maximum absolute atomic E-state index is 13.7. The van der Waals surface area contributed by atoms with Crippen molar-refractivity contribution in [2.75, 3.05) is 5.73 Å². The van der Waals surface area contributed by atoms with Gasteiger partial charge in [0.25, 0.3) is 5.91 Å². The van der Waals surface area contributed by atoms with E-state index in [0.717, 1.165) is 4.57 Å². The lowest BCUT2D eigenvalue weighted by Crippen LogP contribution is -2.52. The highest BCUT2D eigenvalue weighted by molar-refractivity contribution is 6.05. The van der Waals surface area contributed by atoms with Gasteiger partial charge in [-0.3, -0.25) is 19.7 Å². The molecule has 0 saturated carbocycles. The number of anilines is 1. The van der Waals surface area contributed by atoms with Crippen LogP contribution in [0.25, 0.3) is 22.5 Å². The maximum Gasteiger partial charge on any atom is 0.449 e. The predicted molar refractivity (Wildman–Crippen MR) is 120 cm³/mol. The Kier molecular flexibility index (Phi) is 5.15. The Balaban J connectivity index is 1.58. The topological polar surface area (TPSA) is 110 Å². The average Bonchev–Trinajstić information content (AvgIpc) is 3.30. The number of aromatic nitrogens is 2. The third kappa shape index (κ3) is 3.82. The fourth-order valence-electron chi connectivity index (χ4n) is 4.69. The van der Waals surface area contributed by atoms with Gasteiger partial charge in [0.05, 0.1) is 11.4 Å². The molecule has 11 heteroatoms. The minimum Gasteiger partial charge on any atom is -0.399 e. The van der Waals surface area contributed by atoms with Crippen LogP contribution >= 0.6 is 0 Å². The van der Waals surface area contributed by atoms with Crippen LogP contribution in [0.2, 0.25) is 0 Å². The Bertz CT molecular complexity index is 1400. The molecule has 1 atom stereocenters. The van der Waals surface area contributed by atoms with Crippen LogP contribution < -0.4 is 11.1 Å². The fraction of sp³-hybridized carbons (Fsp3) is 0.250. The van der Waals surface area contributed by atoms with Crippen molar-refractivity contribution in [3.8, 4) is 22.5 Å². The zero-order valence-electron chi connectivity index (χ0n) is 18.5. The number of rotatable bonds is 3. The molecule has 3 heterocycles. The first kappa shape index (κ1) is 22.6. The molecule has 3 N–H and O–H groups in total. The van der Waals surface area contributed by atoms with Gasteiger partial charge in [0, 0.05) is 42.4 Å². The van der Waals surface area contributed by atoms with Gasteiger partial charge in [0.1, 0.15) is 6.04 Å². The first-order valence-corrected chi connectivity index (χ1v) is 10.8. The molecular formula is C24H20F3N5O3. The van der Waals surface area contributed by atoms with Gasteiger partial charge in [-0.2, -0.15) is 13.2 Å². The number of imide groups is 1. The van der Waals surface area contributed by atoms with E-state index in [0.29, 0.717) is 27.9 Å². The van der Waals surface area contributed by atoms with Crippen molar-refractivity contribution in [1.29, 1.82) is 0 Å². The minimum absolute atomic E-state index is 0.0973. The molecular weight excluding hydrogens is 463 g/mol. The number of hydrogen-bond acceptors (Lipinski definition) is 5. The van der Waals surface area contributed by atoms with E-state index in [4.69, 9.17) is 5.73 Å². The first-order chi connectivity index (χ1) is 16.5. The highest BCUT2D eigenvalue weighted by atomic mass is 19.4. The maximum atomic E-state index is 13.7. The number of carbonyl (C=O) groups excluding carboxylic acids is 3. The first-order valence-electron chi connectivity index (χ1n) is 10.8. The number of benzene rings is 2. The van der Waals surface area contributed by atoms with Crippen LogP contribution in [0.15, 0.2) is 42.5 Å². The summed E-state index contributed by atoms with van der Waals surface area (Å²) in [5.41, 5.74) is 8.38. The van der Waals surface area contributed by atoms with Crippen molar-refractivity contribution in [3.63, 3.8) is 0 Å². The second-order valence-corrected chi connectivity index (χ2v) is 8.59. The van der Waals surface area contributed by atoms with E-state index in [1.54, 1.807) is 36.4 Å². The van der Waals surface area contributed by atoms with Crippen LogP contribution in [0, 0.1) is 0 Å². The number of nitrogens with one attached hydrogen (secondary N) is 1. The molecule has 35 heavy (non-hydrogen) atoms. The summed E-state index contributed by atoms with van der Waals surface area (Å²) in [4.78, 5) is 42.0. The van der Waals surface area contributed by atoms with Gasteiger partial charge in [-0.15, -0.1) is 0 Å². The molecule has 8 nitrogen and oxygen atoms in total. The van der Waals surface area contributed by atoms with Crippen LogP contribution in [0.4, 0.5) is 18.9 Å². The van der Waals surface area contributed by atoms with E-state index >= 15 is 0 Å². The summed E-state index contributed by atoms with van der Waals surface area (Å²) in [6.07, 6.45) is -4.34. The van der Waals surface area contributed by atoms with Crippen molar-refractivity contribution < 1.29 is 27.6 Å². The normalized spacial score (nSPS) is 18.1. The number of imidazole rings is 1. The quantitative estimate of drug-likeness (QED) is 0.440. The summed E-state index contributed by atoms with van der Waals surface area (Å²) in [5, 5.41) is 2.24. The number of piperidine rings is 1. The second kappa shape index (κ2) is 7.97. The SMILES string of the molecule is Cn1c(C(F)(F)F)nc(-c2ccc3c(c2)CN(C2CCC(=O)NC2=O)C3=O)c1-c1cccc(N)c1. The van der Waals surface area contributed by atoms with E-state index in [2.05, 4.69) is 10.3 Å². The zero-order valence-corrected chi connectivity index (χ0v) is 18.5. The van der Waals surface area contributed by atoms with Gasteiger partial charge >= 0.3 is 6.18 Å². The van der Waals surface area contributed by atoms with Crippen molar-refractivity contribution in [2.45, 2.75) is 31.6 Å². The summed E-state index contributed by atoms with van der Waals surface area (Å²) in [6, 6.07) is 10.4. The molecule has 3 aromatic rings. The average molecular weight is 483 g/mol. The largest absolute Gasteiger partial charge is 0.449 e. The molecule has 0 spiro atoms. The summed E-state index contributed by atoms with van der Waals surface area (Å²) >= 11 is 0. The van der Waals surface area contributed by atoms with E-state index in [1.165, 1.54) is 18.0 Å². The van der Waals surface area contributed by atoms with Crippen LogP contribution in [-0.2, 0) is 29.4 Å². The number of nitrogens with zero attached hydrogens (tertiary/aromatic N) is 3. The number of fused-ring (bicyclic) bond motifs is 1. The van der Waals surface area contributed by atoms with Crippen molar-refractivity contribution in [3.05, 3.63) is 59.4 Å². The summed E-state index contributed by atoms with van der Waals surface area (Å²) in [5.74, 6) is -2.35. The number of hydrogen-bond donors (Lipinski definition) is 2. The fourth-order valence-corrected chi connectivity index (χ4v) is 4.69. The molecule has 0 bridgehead atoms. The van der Waals surface area contributed by atoms with E-state index < -0.39 is 23.9 Å². The molecule has 2 aliphatic rings. The predicted octanol–water partition coefficient (Wildman–Crippen LogP) is 3.12. The Morgan fingerprint density at radius 3 is 2.54 bits per heavy atom. The number of carbonyl (C=O) groups is 3. The summed E-state index contributed by atoms with van der Waals surface area (Å²) < 4.78 is 42.2. The minimum atomic E-state index is -4.68. The number of nitrogens with two attached hydrogens (primary N) is 1. The third-order valence-corrected chi connectivity index (χ3v) is 6.31. The van der Waals surface area contributed by atoms with Gasteiger partial charge in [0.15, 0.2) is 0 Å². The van der Waals surface area contributed by atoms with Crippen LogP contribution in [0.3, 0.4) is 0 Å². The molecule has 5 rings (SSSR count). The smallest absolute Gasteiger partial charge is 0.399 e. The lowest BCUT2D eigenvalue weighted by molar-refractivity contribution is -0.146. The zero-order chi connectivity index (χ0) is 25.1. The number of amides is 3. The van der Waals surface area contributed by atoms with Crippen LogP contribution in [0.5, 0.6) is 0 Å². The monoisotopic (exact) mass is 483 g/mol. The molecule has 2 aromatic carbocycles. The van der Waals surface area contributed by atoms with Gasteiger partial charge in [-0.05, 0) is 36.2 Å². The van der Waals surface area contributed by atoms with Gasteiger partial charge in [-0.1, -0.05) is 18.2 Å². The third-order valence-electron chi connectivity index (χ3n) is 6.31. The highest BCUT2D eigenvalue weighted by Gasteiger charge is 2.40. The molecule has 0 radical (unpaired) electrons. The Morgan fingerprint density at radius 1 is 1.09 bits per heavy atom. The standard InChI is InChI=1S/C24H20F3N5O3/c1-31-20(13-3-2-4-15(28)10-13)19(30-23(31)24(25,26)27)12-5-6-16-14(9-12)11-32(22(16)35)17-7-8-18(33)29-21(17)34/h2-6,9-10,17H,7-8,11,28H2,1H3,(H,29,33,34). The Labute approximate surface area is 197 Å². The van der Waals surface area contributed by atoms with Crippen LogP contribution in [-0.4, -0.2) is 38.2 Å². The van der Waals surface area contributed by atoms with E-state index in [-0.39, 0.29) is 42.6 Å². The number of nitrogen functional groups attached to an aromatic ring is 1. The summed E-state index contributed by atoms with van der Waals surface area (Å²) in [7, 11) is 1.29.